The zero-order chi connectivity index (χ0) is 10.9. The number of halogens is 1. The van der Waals surface area contributed by atoms with E-state index < -0.39 is 19.9 Å². The number of nitro benzene ring substituents is 1. The van der Waals surface area contributed by atoms with Crippen molar-refractivity contribution in [3.63, 3.8) is 0 Å². The summed E-state index contributed by atoms with van der Waals surface area (Å²) >= 11 is 1.50. The first-order chi connectivity index (χ1) is 6.34. The van der Waals surface area contributed by atoms with Gasteiger partial charge < -0.3 is 0 Å². The second-order valence-corrected chi connectivity index (χ2v) is 4.79. The predicted molar refractivity (Wildman–Crippen MR) is 55.6 cm³/mol. The molecule has 0 heterocycles. The maximum atomic E-state index is 10.8. The smallest absolute Gasteiger partial charge is 0.282 e. The van der Waals surface area contributed by atoms with E-state index in [1.54, 1.807) is 0 Å². The fourth-order valence-electron chi connectivity index (χ4n) is 0.839. The van der Waals surface area contributed by atoms with Crippen molar-refractivity contribution in [1.82, 2.24) is 0 Å². The van der Waals surface area contributed by atoms with Crippen molar-refractivity contribution in [2.75, 3.05) is 0 Å². The molecule has 0 fully saturated rings. The molecule has 0 aliphatic heterocycles. The van der Waals surface area contributed by atoms with Crippen molar-refractivity contribution >= 4 is 38.4 Å². The molecule has 76 valence electrons. The SMILES string of the molecule is O=[N+]([O-])c1cccc(S(=O)(=O)O)c1I. The second-order valence-electron chi connectivity index (χ2n) is 2.32. The van der Waals surface area contributed by atoms with Crippen LogP contribution >= 0.6 is 22.6 Å². The van der Waals surface area contributed by atoms with E-state index in [1.165, 1.54) is 28.7 Å². The van der Waals surface area contributed by atoms with E-state index in [0.29, 0.717) is 0 Å². The normalized spacial score (nSPS) is 11.3. The maximum absolute atomic E-state index is 10.8. The number of nitro groups is 1. The van der Waals surface area contributed by atoms with Gasteiger partial charge in [-0.1, -0.05) is 6.07 Å². The van der Waals surface area contributed by atoms with Gasteiger partial charge in [-0.3, -0.25) is 14.7 Å². The lowest BCUT2D eigenvalue weighted by Crippen LogP contribution is -2.03. The van der Waals surface area contributed by atoms with Crippen LogP contribution in [0.15, 0.2) is 23.1 Å². The molecule has 1 aromatic rings. The minimum Gasteiger partial charge on any atom is -0.282 e. The van der Waals surface area contributed by atoms with Gasteiger partial charge in [0.15, 0.2) is 0 Å². The Kier molecular flexibility index (Phi) is 3.07. The van der Waals surface area contributed by atoms with Gasteiger partial charge in [-0.15, -0.1) is 0 Å². The Morgan fingerprint density at radius 2 is 2.00 bits per heavy atom. The van der Waals surface area contributed by atoms with E-state index >= 15 is 0 Å². The summed E-state index contributed by atoms with van der Waals surface area (Å²) in [5.41, 5.74) is -0.347. The molecule has 0 bridgehead atoms. The summed E-state index contributed by atoms with van der Waals surface area (Å²) < 4.78 is 30.1. The van der Waals surface area contributed by atoms with E-state index in [2.05, 4.69) is 0 Å². The Morgan fingerprint density at radius 1 is 1.43 bits per heavy atom. The van der Waals surface area contributed by atoms with Gasteiger partial charge in [0.2, 0.25) is 0 Å². The molecule has 0 aromatic heterocycles. The van der Waals surface area contributed by atoms with E-state index in [4.69, 9.17) is 4.55 Å². The van der Waals surface area contributed by atoms with Crippen LogP contribution in [0, 0.1) is 13.7 Å². The van der Waals surface area contributed by atoms with Crippen LogP contribution in [0.2, 0.25) is 0 Å². The number of hydrogen-bond acceptors (Lipinski definition) is 4. The Labute approximate surface area is 93.0 Å². The predicted octanol–water partition coefficient (Wildman–Crippen LogP) is 1.45. The number of rotatable bonds is 2. The highest BCUT2D eigenvalue weighted by atomic mass is 127. The van der Waals surface area contributed by atoms with Crippen LogP contribution in [0.4, 0.5) is 5.69 Å². The first-order valence-electron chi connectivity index (χ1n) is 3.24. The summed E-state index contributed by atoms with van der Waals surface area (Å²) in [6.45, 7) is 0. The van der Waals surface area contributed by atoms with Crippen LogP contribution in [-0.2, 0) is 10.1 Å². The van der Waals surface area contributed by atoms with Gasteiger partial charge in [0, 0.05) is 6.07 Å². The number of nitrogens with zero attached hydrogens (tertiary/aromatic N) is 1. The quantitative estimate of drug-likeness (QED) is 0.383. The molecule has 0 saturated heterocycles. The van der Waals surface area contributed by atoms with E-state index in [-0.39, 0.29) is 9.26 Å². The molecule has 1 N–H and O–H groups in total. The van der Waals surface area contributed by atoms with Gasteiger partial charge in [-0.25, -0.2) is 0 Å². The van der Waals surface area contributed by atoms with Crippen molar-refractivity contribution in [2.45, 2.75) is 4.90 Å². The molecule has 1 rings (SSSR count). The molecule has 1 aromatic carbocycles. The summed E-state index contributed by atoms with van der Waals surface area (Å²) in [5.74, 6) is 0. The molecule has 0 aliphatic rings. The Hall–Kier alpha value is -0.740. The lowest BCUT2D eigenvalue weighted by atomic mass is 10.3. The highest BCUT2D eigenvalue weighted by Gasteiger charge is 2.21. The average molecular weight is 329 g/mol. The fraction of sp³-hybridized carbons (Fsp3) is 0. The molecular weight excluding hydrogens is 325 g/mol. The first-order valence-corrected chi connectivity index (χ1v) is 5.76. The van der Waals surface area contributed by atoms with Gasteiger partial charge in [0.1, 0.15) is 8.47 Å². The van der Waals surface area contributed by atoms with Crippen LogP contribution < -0.4 is 0 Å². The first kappa shape index (κ1) is 11.3. The minimum absolute atomic E-state index is 0.0994. The van der Waals surface area contributed by atoms with Gasteiger partial charge in [-0.2, -0.15) is 8.42 Å². The third-order valence-electron chi connectivity index (χ3n) is 1.42. The summed E-state index contributed by atoms with van der Waals surface area (Å²) in [4.78, 5) is 9.26. The van der Waals surface area contributed by atoms with E-state index in [9.17, 15) is 18.5 Å². The van der Waals surface area contributed by atoms with E-state index in [0.717, 1.165) is 12.1 Å². The molecule has 14 heavy (non-hydrogen) atoms. The van der Waals surface area contributed by atoms with Gasteiger partial charge in [0.25, 0.3) is 15.8 Å². The van der Waals surface area contributed by atoms with Crippen molar-refractivity contribution in [3.05, 3.63) is 31.9 Å². The summed E-state index contributed by atoms with van der Waals surface area (Å²) in [7, 11) is -4.40. The topological polar surface area (TPSA) is 97.5 Å². The number of benzene rings is 1. The standard InChI is InChI=1S/C6H4INO5S/c7-6-4(8(9)10)2-1-3-5(6)14(11,12)13/h1-3H,(H,11,12,13). The van der Waals surface area contributed by atoms with Crippen molar-refractivity contribution in [1.29, 1.82) is 0 Å². The average Bonchev–Trinajstić information content (AvgIpc) is 2.01. The monoisotopic (exact) mass is 329 g/mol. The highest BCUT2D eigenvalue weighted by molar-refractivity contribution is 14.1. The lowest BCUT2D eigenvalue weighted by Gasteiger charge is -2.00. The Morgan fingerprint density at radius 3 is 2.43 bits per heavy atom. The van der Waals surface area contributed by atoms with Crippen LogP contribution in [0.1, 0.15) is 0 Å². The zero-order valence-corrected chi connectivity index (χ0v) is 9.52. The molecule has 0 radical (unpaired) electrons. The molecule has 8 heteroatoms. The second kappa shape index (κ2) is 3.79. The van der Waals surface area contributed by atoms with Gasteiger partial charge in [0.05, 0.1) is 4.92 Å². The molecule has 0 saturated carbocycles. The molecule has 0 unspecified atom stereocenters. The van der Waals surface area contributed by atoms with Crippen LogP contribution in [0.5, 0.6) is 0 Å². The minimum atomic E-state index is -4.40. The third kappa shape index (κ3) is 2.19. The van der Waals surface area contributed by atoms with Crippen molar-refractivity contribution in [3.8, 4) is 0 Å². The molecular formula is C6H4INO5S. The van der Waals surface area contributed by atoms with Crippen molar-refractivity contribution < 1.29 is 17.9 Å². The molecule has 0 aliphatic carbocycles. The summed E-state index contributed by atoms with van der Waals surface area (Å²) in [6, 6.07) is 3.46. The largest absolute Gasteiger partial charge is 0.295 e. The fourth-order valence-corrected chi connectivity index (χ4v) is 2.81. The highest BCUT2D eigenvalue weighted by Crippen LogP contribution is 2.26. The van der Waals surface area contributed by atoms with Crippen LogP contribution in [0.25, 0.3) is 0 Å². The van der Waals surface area contributed by atoms with Crippen LogP contribution in [0.3, 0.4) is 0 Å². The molecule has 6 nitrogen and oxygen atoms in total. The molecule has 0 atom stereocenters. The van der Waals surface area contributed by atoms with Crippen molar-refractivity contribution in [2.24, 2.45) is 0 Å². The maximum Gasteiger partial charge on any atom is 0.295 e. The Bertz CT molecular complexity index is 483. The van der Waals surface area contributed by atoms with Crippen LogP contribution in [-0.4, -0.2) is 17.9 Å². The summed E-state index contributed by atoms with van der Waals surface area (Å²) in [5, 5.41) is 10.4. The zero-order valence-electron chi connectivity index (χ0n) is 6.55. The lowest BCUT2D eigenvalue weighted by molar-refractivity contribution is -0.386. The van der Waals surface area contributed by atoms with E-state index in [1.807, 2.05) is 0 Å². The Balaban J connectivity index is 3.51. The van der Waals surface area contributed by atoms with Gasteiger partial charge in [-0.05, 0) is 28.7 Å². The molecule has 0 spiro atoms. The molecule has 0 amide bonds. The third-order valence-corrected chi connectivity index (χ3v) is 3.81. The summed E-state index contributed by atoms with van der Waals surface area (Å²) in [6.07, 6.45) is 0. The number of hydrogen-bond donors (Lipinski definition) is 1. The van der Waals surface area contributed by atoms with Gasteiger partial charge >= 0.3 is 0 Å².